The first-order valence-electron chi connectivity index (χ1n) is 12.6. The van der Waals surface area contributed by atoms with Crippen LogP contribution < -0.4 is 5.32 Å². The van der Waals surface area contributed by atoms with E-state index in [9.17, 15) is 4.79 Å². The standard InChI is InChI=1S/C30H32ClN3O/c1-32-25-10-12-26(13-11-25)34(20-21-5-4-7-24(19-21)22-15-17-33-18-16-22)30(35)28-14-9-23-6-2-3-8-27(23)29(28)31/h2-8,15-19,25-26,32H,9-14,20H2,1H3. The van der Waals surface area contributed by atoms with E-state index in [-0.39, 0.29) is 11.9 Å². The maximum atomic E-state index is 14.1. The van der Waals surface area contributed by atoms with Gasteiger partial charge in [0.1, 0.15) is 0 Å². The molecule has 2 aliphatic rings. The van der Waals surface area contributed by atoms with Crippen molar-refractivity contribution in [2.24, 2.45) is 0 Å². The van der Waals surface area contributed by atoms with Crippen LogP contribution in [0.3, 0.4) is 0 Å². The van der Waals surface area contributed by atoms with E-state index in [0.29, 0.717) is 24.0 Å². The summed E-state index contributed by atoms with van der Waals surface area (Å²) < 4.78 is 0. The second-order valence-corrected chi connectivity index (χ2v) is 9.99. The van der Waals surface area contributed by atoms with Gasteiger partial charge in [0.05, 0.1) is 5.03 Å². The first kappa shape index (κ1) is 23.8. The van der Waals surface area contributed by atoms with Crippen LogP contribution in [0.1, 0.15) is 48.8 Å². The fraction of sp³-hybridized carbons (Fsp3) is 0.333. The van der Waals surface area contributed by atoms with Crippen LogP contribution in [0, 0.1) is 0 Å². The number of carbonyl (C=O) groups is 1. The van der Waals surface area contributed by atoms with Crippen molar-refractivity contribution in [3.8, 4) is 11.1 Å². The molecule has 0 radical (unpaired) electrons. The van der Waals surface area contributed by atoms with Crippen LogP contribution in [-0.2, 0) is 17.8 Å². The monoisotopic (exact) mass is 485 g/mol. The van der Waals surface area contributed by atoms with Crippen molar-refractivity contribution in [3.63, 3.8) is 0 Å². The molecule has 2 aliphatic carbocycles. The van der Waals surface area contributed by atoms with Gasteiger partial charge in [0.2, 0.25) is 0 Å². The van der Waals surface area contributed by atoms with Gasteiger partial charge in [0.15, 0.2) is 0 Å². The van der Waals surface area contributed by atoms with Crippen LogP contribution >= 0.6 is 11.6 Å². The third kappa shape index (κ3) is 5.19. The number of nitrogens with one attached hydrogen (secondary N) is 1. The number of benzene rings is 2. The normalized spacial score (nSPS) is 19.8. The highest BCUT2D eigenvalue weighted by molar-refractivity contribution is 6.51. The predicted octanol–water partition coefficient (Wildman–Crippen LogP) is 6.20. The van der Waals surface area contributed by atoms with Crippen LogP contribution in [0.2, 0.25) is 0 Å². The summed E-state index contributed by atoms with van der Waals surface area (Å²) >= 11 is 6.86. The van der Waals surface area contributed by atoms with Gasteiger partial charge in [-0.2, -0.15) is 0 Å². The molecule has 180 valence electrons. The van der Waals surface area contributed by atoms with Gasteiger partial charge >= 0.3 is 0 Å². The minimum Gasteiger partial charge on any atom is -0.332 e. The van der Waals surface area contributed by atoms with E-state index in [0.717, 1.165) is 59.9 Å². The van der Waals surface area contributed by atoms with Gasteiger partial charge in [-0.1, -0.05) is 54.1 Å². The zero-order valence-corrected chi connectivity index (χ0v) is 21.0. The molecule has 5 rings (SSSR count). The fourth-order valence-corrected chi connectivity index (χ4v) is 5.85. The Bertz CT molecular complexity index is 1220. The number of carbonyl (C=O) groups excluding carboxylic acids is 1. The van der Waals surface area contributed by atoms with Crippen molar-refractivity contribution in [3.05, 3.63) is 95.3 Å². The number of pyridine rings is 1. The molecule has 5 heteroatoms. The maximum absolute atomic E-state index is 14.1. The summed E-state index contributed by atoms with van der Waals surface area (Å²) in [5.74, 6) is 0.0896. The Morgan fingerprint density at radius 2 is 1.74 bits per heavy atom. The average molecular weight is 486 g/mol. The first-order chi connectivity index (χ1) is 17.1. The molecule has 4 nitrogen and oxygen atoms in total. The SMILES string of the molecule is CNC1CCC(N(Cc2cccc(-c3ccncc3)c2)C(=O)C2=C(Cl)c3ccccc3CC2)CC1. The first-order valence-corrected chi connectivity index (χ1v) is 13.0. The minimum absolute atomic E-state index is 0.0896. The lowest BCUT2D eigenvalue weighted by atomic mass is 9.87. The number of halogens is 1. The molecule has 0 unspecified atom stereocenters. The number of aryl methyl sites for hydroxylation is 1. The topological polar surface area (TPSA) is 45.2 Å². The third-order valence-electron chi connectivity index (χ3n) is 7.52. The van der Waals surface area contributed by atoms with E-state index in [1.54, 1.807) is 0 Å². The lowest BCUT2D eigenvalue weighted by molar-refractivity contribution is -0.131. The van der Waals surface area contributed by atoms with E-state index in [1.165, 1.54) is 5.56 Å². The van der Waals surface area contributed by atoms with E-state index in [4.69, 9.17) is 11.6 Å². The van der Waals surface area contributed by atoms with E-state index < -0.39 is 0 Å². The predicted molar refractivity (Wildman–Crippen MR) is 143 cm³/mol. The fourth-order valence-electron chi connectivity index (χ4n) is 5.49. The molecule has 1 saturated carbocycles. The van der Waals surface area contributed by atoms with Crippen molar-refractivity contribution in [2.75, 3.05) is 7.05 Å². The van der Waals surface area contributed by atoms with Gasteiger partial charge in [0.25, 0.3) is 5.91 Å². The molecule has 0 spiro atoms. The molecule has 0 atom stereocenters. The minimum atomic E-state index is 0.0896. The summed E-state index contributed by atoms with van der Waals surface area (Å²) in [6, 6.07) is 21.5. The Labute approximate surface area is 213 Å². The average Bonchev–Trinajstić information content (AvgIpc) is 2.92. The quantitative estimate of drug-likeness (QED) is 0.451. The smallest absolute Gasteiger partial charge is 0.251 e. The number of hydrogen-bond acceptors (Lipinski definition) is 3. The molecule has 1 fully saturated rings. The van der Waals surface area contributed by atoms with Crippen molar-refractivity contribution >= 4 is 22.5 Å². The summed E-state index contributed by atoms with van der Waals surface area (Å²) in [5.41, 5.74) is 6.38. The molecule has 2 aromatic carbocycles. The summed E-state index contributed by atoms with van der Waals surface area (Å²) in [7, 11) is 2.03. The zero-order chi connectivity index (χ0) is 24.2. The number of fused-ring (bicyclic) bond motifs is 1. The molecule has 1 N–H and O–H groups in total. The van der Waals surface area contributed by atoms with Crippen molar-refractivity contribution < 1.29 is 4.79 Å². The van der Waals surface area contributed by atoms with Crippen LogP contribution in [0.25, 0.3) is 16.2 Å². The van der Waals surface area contributed by atoms with Gasteiger partial charge in [-0.15, -0.1) is 0 Å². The molecule has 1 heterocycles. The molecule has 35 heavy (non-hydrogen) atoms. The van der Waals surface area contributed by atoms with Gasteiger partial charge in [-0.25, -0.2) is 0 Å². The van der Waals surface area contributed by atoms with Gasteiger partial charge in [-0.05, 0) is 91.6 Å². The van der Waals surface area contributed by atoms with Gasteiger partial charge < -0.3 is 10.2 Å². The lowest BCUT2D eigenvalue weighted by Crippen LogP contribution is -2.45. The van der Waals surface area contributed by atoms with E-state index >= 15 is 0 Å². The lowest BCUT2D eigenvalue weighted by Gasteiger charge is -2.38. The molecule has 3 aromatic rings. The van der Waals surface area contributed by atoms with Crippen molar-refractivity contribution in [1.82, 2.24) is 15.2 Å². The summed E-state index contributed by atoms with van der Waals surface area (Å²) in [6.45, 7) is 0.585. The van der Waals surface area contributed by atoms with Crippen LogP contribution in [-0.4, -0.2) is 34.9 Å². The third-order valence-corrected chi connectivity index (χ3v) is 7.95. The number of amides is 1. The molecule has 1 amide bonds. The number of hydrogen-bond donors (Lipinski definition) is 1. The highest BCUT2D eigenvalue weighted by atomic mass is 35.5. The van der Waals surface area contributed by atoms with Gasteiger partial charge in [-0.3, -0.25) is 9.78 Å². The zero-order valence-electron chi connectivity index (χ0n) is 20.2. The van der Waals surface area contributed by atoms with Crippen molar-refractivity contribution in [2.45, 2.75) is 57.2 Å². The number of rotatable bonds is 6. The van der Waals surface area contributed by atoms with E-state index in [2.05, 4.69) is 45.5 Å². The Kier molecular flexibility index (Phi) is 7.31. The molecule has 0 bridgehead atoms. The summed E-state index contributed by atoms with van der Waals surface area (Å²) in [4.78, 5) is 20.3. The molecular formula is C30H32ClN3O. The second-order valence-electron chi connectivity index (χ2n) is 9.61. The molecule has 0 saturated heterocycles. The number of nitrogens with zero attached hydrogens (tertiary/aromatic N) is 2. The highest BCUT2D eigenvalue weighted by Crippen LogP contribution is 2.36. The Balaban J connectivity index is 1.46. The molecular weight excluding hydrogens is 454 g/mol. The van der Waals surface area contributed by atoms with Crippen molar-refractivity contribution in [1.29, 1.82) is 0 Å². The summed E-state index contributed by atoms with van der Waals surface area (Å²) in [5, 5.41) is 4.03. The second kappa shape index (κ2) is 10.8. The van der Waals surface area contributed by atoms with Crippen LogP contribution in [0.4, 0.5) is 0 Å². The maximum Gasteiger partial charge on any atom is 0.251 e. The molecule has 0 aliphatic heterocycles. The van der Waals surface area contributed by atoms with Crippen LogP contribution in [0.15, 0.2) is 78.6 Å². The largest absolute Gasteiger partial charge is 0.332 e. The summed E-state index contributed by atoms with van der Waals surface area (Å²) in [6.07, 6.45) is 9.33. The molecule has 1 aromatic heterocycles. The Morgan fingerprint density at radius 1 is 0.971 bits per heavy atom. The van der Waals surface area contributed by atoms with Gasteiger partial charge in [0, 0.05) is 36.6 Å². The van der Waals surface area contributed by atoms with Crippen LogP contribution in [0.5, 0.6) is 0 Å². The highest BCUT2D eigenvalue weighted by Gasteiger charge is 2.32. The Hall–Kier alpha value is -2.95. The van der Waals surface area contributed by atoms with E-state index in [1.807, 2.05) is 49.8 Å². The number of aromatic nitrogens is 1. The Morgan fingerprint density at radius 3 is 2.51 bits per heavy atom.